The molecule has 154 valence electrons. The summed E-state index contributed by atoms with van der Waals surface area (Å²) in [6.07, 6.45) is 1.51. The molecule has 0 bridgehead atoms. The van der Waals surface area contributed by atoms with Gasteiger partial charge < -0.3 is 4.74 Å². The van der Waals surface area contributed by atoms with Gasteiger partial charge in [0, 0.05) is 16.7 Å². The van der Waals surface area contributed by atoms with Crippen LogP contribution in [0, 0.1) is 0 Å². The van der Waals surface area contributed by atoms with Gasteiger partial charge in [-0.05, 0) is 40.3 Å². The summed E-state index contributed by atoms with van der Waals surface area (Å²) < 4.78 is 7.42. The van der Waals surface area contributed by atoms with E-state index in [4.69, 9.17) is 4.74 Å². The lowest BCUT2D eigenvalue weighted by atomic mass is 10.1. The molecule has 2 heterocycles. The van der Waals surface area contributed by atoms with Crippen LogP contribution in [0.25, 0.3) is 5.69 Å². The Balaban J connectivity index is 1.39. The SMILES string of the molecule is O=C(COc1cccc(-n2cnnn2)c1)N1c2ccccc2SC[C@@H]1c1ccccc1. The number of benzene rings is 3. The van der Waals surface area contributed by atoms with Crippen molar-refractivity contribution in [1.29, 1.82) is 0 Å². The maximum absolute atomic E-state index is 13.4. The molecule has 0 unspecified atom stereocenters. The van der Waals surface area contributed by atoms with Gasteiger partial charge in [0.1, 0.15) is 12.1 Å². The van der Waals surface area contributed by atoms with Crippen molar-refractivity contribution in [3.05, 3.63) is 90.8 Å². The predicted molar refractivity (Wildman–Crippen MR) is 118 cm³/mol. The Hall–Kier alpha value is -3.65. The number of carbonyl (C=O) groups excluding carboxylic acids is 1. The van der Waals surface area contributed by atoms with Gasteiger partial charge in [0.25, 0.3) is 5.91 Å². The van der Waals surface area contributed by atoms with Gasteiger partial charge in [0.15, 0.2) is 6.61 Å². The average molecular weight is 430 g/mol. The number of hydrogen-bond acceptors (Lipinski definition) is 6. The van der Waals surface area contributed by atoms with Crippen molar-refractivity contribution >= 4 is 23.4 Å². The fraction of sp³-hybridized carbons (Fsp3) is 0.130. The Labute approximate surface area is 183 Å². The highest BCUT2D eigenvalue weighted by atomic mass is 32.2. The smallest absolute Gasteiger partial charge is 0.265 e. The molecule has 1 aliphatic rings. The number of ether oxygens (including phenoxy) is 1. The Morgan fingerprint density at radius 3 is 2.71 bits per heavy atom. The van der Waals surface area contributed by atoms with E-state index in [9.17, 15) is 4.79 Å². The molecule has 0 N–H and O–H groups in total. The van der Waals surface area contributed by atoms with Crippen molar-refractivity contribution in [3.8, 4) is 11.4 Å². The predicted octanol–water partition coefficient (Wildman–Crippen LogP) is 3.92. The highest BCUT2D eigenvalue weighted by molar-refractivity contribution is 7.99. The highest BCUT2D eigenvalue weighted by Crippen LogP contribution is 2.43. The third-order valence-electron chi connectivity index (χ3n) is 5.08. The Kier molecular flexibility index (Phi) is 5.37. The Morgan fingerprint density at radius 2 is 1.87 bits per heavy atom. The van der Waals surface area contributed by atoms with Crippen molar-refractivity contribution in [3.63, 3.8) is 0 Å². The van der Waals surface area contributed by atoms with Gasteiger partial charge in [0.2, 0.25) is 0 Å². The molecule has 4 aromatic rings. The normalized spacial score (nSPS) is 15.4. The van der Waals surface area contributed by atoms with E-state index in [2.05, 4.69) is 33.7 Å². The number of carbonyl (C=O) groups is 1. The first kappa shape index (κ1) is 19.3. The van der Waals surface area contributed by atoms with Crippen LogP contribution in [0.15, 0.2) is 90.1 Å². The van der Waals surface area contributed by atoms with E-state index in [1.54, 1.807) is 17.8 Å². The molecule has 1 aliphatic heterocycles. The van der Waals surface area contributed by atoms with E-state index in [1.165, 1.54) is 11.0 Å². The van der Waals surface area contributed by atoms with Gasteiger partial charge >= 0.3 is 0 Å². The van der Waals surface area contributed by atoms with Crippen molar-refractivity contribution in [2.45, 2.75) is 10.9 Å². The molecule has 0 radical (unpaired) electrons. The zero-order chi connectivity index (χ0) is 21.0. The van der Waals surface area contributed by atoms with Crippen LogP contribution in [0.4, 0.5) is 5.69 Å². The lowest BCUT2D eigenvalue weighted by Crippen LogP contribution is -2.41. The molecule has 0 spiro atoms. The first-order valence-corrected chi connectivity index (χ1v) is 10.8. The van der Waals surface area contributed by atoms with Crippen LogP contribution >= 0.6 is 11.8 Å². The first-order chi connectivity index (χ1) is 15.3. The summed E-state index contributed by atoms with van der Waals surface area (Å²) in [5, 5.41) is 11.2. The lowest BCUT2D eigenvalue weighted by molar-refractivity contribution is -0.121. The molecule has 0 fully saturated rings. The number of hydrogen-bond donors (Lipinski definition) is 0. The van der Waals surface area contributed by atoms with Gasteiger partial charge in [0.05, 0.1) is 17.4 Å². The molecule has 0 aliphatic carbocycles. The molecule has 31 heavy (non-hydrogen) atoms. The second-order valence-corrected chi connectivity index (χ2v) is 8.07. The highest BCUT2D eigenvalue weighted by Gasteiger charge is 2.32. The van der Waals surface area contributed by atoms with E-state index < -0.39 is 0 Å². The van der Waals surface area contributed by atoms with Crippen molar-refractivity contribution in [2.75, 3.05) is 17.3 Å². The molecular weight excluding hydrogens is 410 g/mol. The molecule has 7 nitrogen and oxygen atoms in total. The van der Waals surface area contributed by atoms with E-state index in [-0.39, 0.29) is 18.6 Å². The third-order valence-corrected chi connectivity index (χ3v) is 6.22. The topological polar surface area (TPSA) is 73.1 Å². The summed E-state index contributed by atoms with van der Waals surface area (Å²) in [5.41, 5.74) is 2.79. The Morgan fingerprint density at radius 1 is 1.03 bits per heavy atom. The maximum Gasteiger partial charge on any atom is 0.265 e. The minimum atomic E-state index is -0.0885. The fourth-order valence-corrected chi connectivity index (χ4v) is 4.80. The zero-order valence-electron chi connectivity index (χ0n) is 16.5. The molecular formula is C23H19N5O2S. The molecule has 1 atom stereocenters. The van der Waals surface area contributed by atoms with Gasteiger partial charge in [-0.15, -0.1) is 16.9 Å². The number of aromatic nitrogens is 4. The third kappa shape index (κ3) is 4.02. The van der Waals surface area contributed by atoms with Gasteiger partial charge in [-0.3, -0.25) is 9.69 Å². The van der Waals surface area contributed by atoms with Gasteiger partial charge in [-0.2, -0.15) is 0 Å². The van der Waals surface area contributed by atoms with Crippen LogP contribution < -0.4 is 9.64 Å². The summed E-state index contributed by atoms with van der Waals surface area (Å²) in [6.45, 7) is -0.0681. The summed E-state index contributed by atoms with van der Waals surface area (Å²) in [4.78, 5) is 16.4. The zero-order valence-corrected chi connectivity index (χ0v) is 17.4. The lowest BCUT2D eigenvalue weighted by Gasteiger charge is -2.37. The van der Waals surface area contributed by atoms with Crippen LogP contribution in [0.5, 0.6) is 5.75 Å². The minimum Gasteiger partial charge on any atom is -0.484 e. The van der Waals surface area contributed by atoms with Crippen molar-refractivity contribution < 1.29 is 9.53 Å². The fourth-order valence-electron chi connectivity index (χ4n) is 3.63. The van der Waals surface area contributed by atoms with Crippen LogP contribution in [0.1, 0.15) is 11.6 Å². The summed E-state index contributed by atoms with van der Waals surface area (Å²) >= 11 is 1.77. The van der Waals surface area contributed by atoms with Crippen LogP contribution in [0.3, 0.4) is 0 Å². The van der Waals surface area contributed by atoms with Crippen LogP contribution in [-0.2, 0) is 4.79 Å². The summed E-state index contributed by atoms with van der Waals surface area (Å²) in [6, 6.07) is 25.4. The molecule has 0 saturated heterocycles. The second-order valence-electron chi connectivity index (χ2n) is 7.01. The number of anilines is 1. The summed E-state index contributed by atoms with van der Waals surface area (Å²) in [5.74, 6) is 1.29. The van der Waals surface area contributed by atoms with E-state index in [0.717, 1.165) is 27.6 Å². The number of para-hydroxylation sites is 1. The number of amides is 1. The Bertz CT molecular complexity index is 1180. The number of fused-ring (bicyclic) bond motifs is 1. The van der Waals surface area contributed by atoms with Crippen molar-refractivity contribution in [2.24, 2.45) is 0 Å². The summed E-state index contributed by atoms with van der Waals surface area (Å²) in [7, 11) is 0. The number of thioether (sulfide) groups is 1. The number of rotatable bonds is 5. The quantitative estimate of drug-likeness (QED) is 0.479. The molecule has 5 rings (SSSR count). The van der Waals surface area contributed by atoms with Gasteiger partial charge in [-0.25, -0.2) is 4.68 Å². The van der Waals surface area contributed by atoms with Crippen LogP contribution in [-0.4, -0.2) is 38.5 Å². The largest absolute Gasteiger partial charge is 0.484 e. The number of tetrazole rings is 1. The monoisotopic (exact) mass is 429 g/mol. The minimum absolute atomic E-state index is 0.0512. The van der Waals surface area contributed by atoms with E-state index in [1.807, 2.05) is 59.5 Å². The molecule has 1 aromatic heterocycles. The van der Waals surface area contributed by atoms with Crippen molar-refractivity contribution in [1.82, 2.24) is 20.2 Å². The molecule has 1 amide bonds. The molecule has 0 saturated carbocycles. The van der Waals surface area contributed by atoms with Crippen LogP contribution in [0.2, 0.25) is 0 Å². The maximum atomic E-state index is 13.4. The average Bonchev–Trinajstić information content (AvgIpc) is 3.38. The molecule has 8 heteroatoms. The second kappa shape index (κ2) is 8.61. The number of nitrogens with zero attached hydrogens (tertiary/aromatic N) is 5. The standard InChI is InChI=1S/C23H19N5O2S/c29-23(14-30-19-10-6-9-18(13-19)27-16-24-25-26-27)28-20-11-4-5-12-22(20)31-15-21(28)17-7-2-1-3-8-17/h1-13,16,21H,14-15H2/t21-/m1/s1. The molecule has 3 aromatic carbocycles. The van der Waals surface area contributed by atoms with E-state index in [0.29, 0.717) is 5.75 Å². The van der Waals surface area contributed by atoms with Gasteiger partial charge in [-0.1, -0.05) is 48.5 Å². The first-order valence-electron chi connectivity index (χ1n) is 9.85. The van der Waals surface area contributed by atoms with E-state index >= 15 is 0 Å².